The number of anilines is 3. The van der Waals surface area contributed by atoms with Crippen molar-refractivity contribution < 1.29 is 41.4 Å². The van der Waals surface area contributed by atoms with Crippen LogP contribution in [-0.2, 0) is 14.8 Å². The number of rotatable bonds is 6. The molecule has 0 saturated carbocycles. The standard InChI is InChI=1S/C26H29N3O4S.C2HF3O2/c1-18-8-6-9-23(20(18)3)28-13-15-29(16-14-28)24-12-11-21(26(30)31)17-22(24)27-34(32,33)25-10-5-4-7-19(25)2;3-2(4,5)1(6)7/h4-12,17,27H,13-16H2,1-3H3,(H,30,31);(H,6,7). The zero-order valence-corrected chi connectivity index (χ0v) is 23.4. The largest absolute Gasteiger partial charge is 0.490 e. The van der Waals surface area contributed by atoms with Gasteiger partial charge in [-0.1, -0.05) is 30.3 Å². The van der Waals surface area contributed by atoms with Gasteiger partial charge in [-0.05, 0) is 67.8 Å². The van der Waals surface area contributed by atoms with Crippen molar-refractivity contribution in [1.29, 1.82) is 0 Å². The van der Waals surface area contributed by atoms with Gasteiger partial charge in [0.1, 0.15) is 0 Å². The highest BCUT2D eigenvalue weighted by Gasteiger charge is 2.38. The van der Waals surface area contributed by atoms with Crippen molar-refractivity contribution >= 4 is 39.0 Å². The highest BCUT2D eigenvalue weighted by molar-refractivity contribution is 7.92. The van der Waals surface area contributed by atoms with Crippen LogP contribution in [0.15, 0.2) is 65.6 Å². The average molecular weight is 594 g/mol. The van der Waals surface area contributed by atoms with Crippen LogP contribution in [0, 0.1) is 20.8 Å². The zero-order chi connectivity index (χ0) is 30.5. The molecule has 13 heteroatoms. The van der Waals surface area contributed by atoms with E-state index in [1.54, 1.807) is 37.3 Å². The Hall–Kier alpha value is -4.26. The molecule has 1 aliphatic rings. The van der Waals surface area contributed by atoms with Crippen molar-refractivity contribution in [3.8, 4) is 0 Å². The van der Waals surface area contributed by atoms with Gasteiger partial charge in [0, 0.05) is 31.9 Å². The quantitative estimate of drug-likeness (QED) is 0.362. The first-order valence-electron chi connectivity index (χ1n) is 12.4. The van der Waals surface area contributed by atoms with E-state index in [2.05, 4.69) is 46.6 Å². The predicted molar refractivity (Wildman–Crippen MR) is 149 cm³/mol. The molecule has 9 nitrogen and oxygen atoms in total. The molecule has 0 amide bonds. The van der Waals surface area contributed by atoms with Gasteiger partial charge < -0.3 is 20.0 Å². The Bertz CT molecular complexity index is 1540. The lowest BCUT2D eigenvalue weighted by Crippen LogP contribution is -2.47. The number of alkyl halides is 3. The number of hydrogen-bond acceptors (Lipinski definition) is 6. The number of hydrogen-bond donors (Lipinski definition) is 3. The van der Waals surface area contributed by atoms with Gasteiger partial charge in [0.15, 0.2) is 0 Å². The predicted octanol–water partition coefficient (Wildman–Crippen LogP) is 5.07. The van der Waals surface area contributed by atoms with E-state index >= 15 is 0 Å². The van der Waals surface area contributed by atoms with Crippen molar-refractivity contribution in [1.82, 2.24) is 0 Å². The van der Waals surface area contributed by atoms with E-state index in [1.807, 2.05) is 0 Å². The number of benzene rings is 3. The summed E-state index contributed by atoms with van der Waals surface area (Å²) in [6.45, 7) is 8.86. The van der Waals surface area contributed by atoms with Crippen LogP contribution in [0.5, 0.6) is 0 Å². The van der Waals surface area contributed by atoms with Crippen LogP contribution >= 0.6 is 0 Å². The summed E-state index contributed by atoms with van der Waals surface area (Å²) in [4.78, 5) is 25.1. The Kier molecular flexibility index (Phi) is 9.53. The van der Waals surface area contributed by atoms with Crippen LogP contribution in [0.3, 0.4) is 0 Å². The molecule has 0 atom stereocenters. The second-order valence-corrected chi connectivity index (χ2v) is 11.1. The van der Waals surface area contributed by atoms with Crippen molar-refractivity contribution in [3.05, 3.63) is 82.9 Å². The smallest absolute Gasteiger partial charge is 0.478 e. The molecule has 3 aromatic carbocycles. The molecule has 220 valence electrons. The molecule has 0 spiro atoms. The van der Waals surface area contributed by atoms with E-state index < -0.39 is 28.1 Å². The fourth-order valence-corrected chi connectivity index (χ4v) is 5.66. The van der Waals surface area contributed by atoms with Gasteiger partial charge in [-0.3, -0.25) is 4.72 Å². The van der Waals surface area contributed by atoms with Gasteiger partial charge in [-0.25, -0.2) is 18.0 Å². The molecule has 0 unspecified atom stereocenters. The molecule has 1 heterocycles. The van der Waals surface area contributed by atoms with Gasteiger partial charge in [-0.2, -0.15) is 13.2 Å². The molecule has 1 aliphatic heterocycles. The molecule has 4 rings (SSSR count). The zero-order valence-electron chi connectivity index (χ0n) is 22.6. The number of aryl methyl sites for hydroxylation is 2. The Morgan fingerprint density at radius 2 is 1.34 bits per heavy atom. The minimum atomic E-state index is -5.08. The van der Waals surface area contributed by atoms with E-state index in [4.69, 9.17) is 9.90 Å². The molecule has 3 N–H and O–H groups in total. The maximum absolute atomic E-state index is 13.2. The number of carboxylic acids is 2. The number of sulfonamides is 1. The molecular formula is C28H30F3N3O6S. The Labute approximate surface area is 235 Å². The van der Waals surface area contributed by atoms with E-state index in [1.165, 1.54) is 28.9 Å². The normalized spacial score (nSPS) is 13.7. The number of nitrogens with one attached hydrogen (secondary N) is 1. The second kappa shape index (κ2) is 12.5. The number of halogens is 3. The monoisotopic (exact) mass is 593 g/mol. The lowest BCUT2D eigenvalue weighted by Gasteiger charge is -2.39. The molecule has 3 aromatic rings. The lowest BCUT2D eigenvalue weighted by molar-refractivity contribution is -0.192. The lowest BCUT2D eigenvalue weighted by atomic mass is 10.1. The summed E-state index contributed by atoms with van der Waals surface area (Å²) in [6.07, 6.45) is -5.08. The van der Waals surface area contributed by atoms with Crippen LogP contribution in [0.2, 0.25) is 0 Å². The van der Waals surface area contributed by atoms with Crippen LogP contribution < -0.4 is 14.5 Å². The Balaban J connectivity index is 0.000000587. The topological polar surface area (TPSA) is 127 Å². The maximum Gasteiger partial charge on any atom is 0.490 e. The number of nitrogens with zero attached hydrogens (tertiary/aromatic N) is 2. The first-order valence-corrected chi connectivity index (χ1v) is 13.9. The summed E-state index contributed by atoms with van der Waals surface area (Å²) in [5.74, 6) is -3.87. The highest BCUT2D eigenvalue weighted by atomic mass is 32.2. The fourth-order valence-electron chi connectivity index (χ4n) is 4.35. The van der Waals surface area contributed by atoms with Gasteiger partial charge in [-0.15, -0.1) is 0 Å². The van der Waals surface area contributed by atoms with Crippen molar-refractivity contribution in [3.63, 3.8) is 0 Å². The van der Waals surface area contributed by atoms with Crippen molar-refractivity contribution in [2.24, 2.45) is 0 Å². The molecular weight excluding hydrogens is 563 g/mol. The number of piperazine rings is 1. The number of carboxylic acid groups (broad SMARTS) is 2. The maximum atomic E-state index is 13.2. The minimum absolute atomic E-state index is 0.0280. The third kappa shape index (κ3) is 7.69. The van der Waals surface area contributed by atoms with E-state index in [-0.39, 0.29) is 16.1 Å². The van der Waals surface area contributed by atoms with Crippen molar-refractivity contribution in [2.45, 2.75) is 31.8 Å². The van der Waals surface area contributed by atoms with Crippen LogP contribution in [-0.4, -0.2) is 62.9 Å². The molecule has 0 aromatic heterocycles. The number of carbonyl (C=O) groups is 2. The summed E-state index contributed by atoms with van der Waals surface area (Å²) in [5.41, 5.74) is 5.30. The fraction of sp³-hybridized carbons (Fsp3) is 0.286. The Morgan fingerprint density at radius 3 is 1.88 bits per heavy atom. The second-order valence-electron chi connectivity index (χ2n) is 9.40. The summed E-state index contributed by atoms with van der Waals surface area (Å²) in [7, 11) is -3.89. The first-order chi connectivity index (χ1) is 19.1. The third-order valence-electron chi connectivity index (χ3n) is 6.65. The van der Waals surface area contributed by atoms with Gasteiger partial charge in [0.2, 0.25) is 0 Å². The number of aliphatic carboxylic acids is 1. The van der Waals surface area contributed by atoms with Crippen LogP contribution in [0.4, 0.5) is 30.2 Å². The van der Waals surface area contributed by atoms with Gasteiger partial charge in [0.25, 0.3) is 10.0 Å². The average Bonchev–Trinajstić information content (AvgIpc) is 2.90. The summed E-state index contributed by atoms with van der Waals surface area (Å²) < 4.78 is 60.7. The molecule has 1 saturated heterocycles. The number of aromatic carboxylic acids is 1. The van der Waals surface area contributed by atoms with Gasteiger partial charge >= 0.3 is 18.1 Å². The van der Waals surface area contributed by atoms with E-state index in [9.17, 15) is 31.5 Å². The Morgan fingerprint density at radius 1 is 0.805 bits per heavy atom. The molecule has 1 fully saturated rings. The van der Waals surface area contributed by atoms with Crippen molar-refractivity contribution in [2.75, 3.05) is 40.7 Å². The third-order valence-corrected chi connectivity index (χ3v) is 8.18. The molecule has 0 bridgehead atoms. The molecule has 0 aliphatic carbocycles. The first kappa shape index (κ1) is 31.3. The van der Waals surface area contributed by atoms with Crippen LogP contribution in [0.1, 0.15) is 27.0 Å². The summed E-state index contributed by atoms with van der Waals surface area (Å²) >= 11 is 0. The summed E-state index contributed by atoms with van der Waals surface area (Å²) in [6, 6.07) is 17.6. The molecule has 41 heavy (non-hydrogen) atoms. The van der Waals surface area contributed by atoms with E-state index in [0.29, 0.717) is 24.3 Å². The van der Waals surface area contributed by atoms with E-state index in [0.717, 1.165) is 13.1 Å². The van der Waals surface area contributed by atoms with Gasteiger partial charge in [0.05, 0.1) is 21.8 Å². The highest BCUT2D eigenvalue weighted by Crippen LogP contribution is 2.32. The summed E-state index contributed by atoms with van der Waals surface area (Å²) in [5, 5.41) is 16.6. The SMILES string of the molecule is Cc1ccccc1S(=O)(=O)Nc1cc(C(=O)O)ccc1N1CCN(c2cccc(C)c2C)CC1.O=C(O)C(F)(F)F. The minimum Gasteiger partial charge on any atom is -0.478 e. The van der Waals surface area contributed by atoms with Crippen LogP contribution in [0.25, 0.3) is 0 Å². The molecule has 0 radical (unpaired) electrons.